The minimum atomic E-state index is -2.93. The van der Waals surface area contributed by atoms with Crippen LogP contribution in [0.15, 0.2) is 60.7 Å². The summed E-state index contributed by atoms with van der Waals surface area (Å²) in [5.41, 5.74) is 3.06. The molecular weight excluding hydrogens is 350 g/mol. The molecule has 1 heterocycles. The molecule has 3 aromatic rings. The third kappa shape index (κ3) is 4.11. The minimum absolute atomic E-state index is 0.0185. The number of alkyl halides is 2. The van der Waals surface area contributed by atoms with Crippen LogP contribution in [0.25, 0.3) is 11.8 Å². The molecule has 0 amide bonds. The highest BCUT2D eigenvalue weighted by atomic mass is 19.3. The molecule has 0 radical (unpaired) electrons. The molecule has 0 unspecified atom stereocenters. The lowest BCUT2D eigenvalue weighted by molar-refractivity contribution is -0.0499. The van der Waals surface area contributed by atoms with Gasteiger partial charge in [-0.1, -0.05) is 36.4 Å². The number of carbonyl (C=O) groups is 1. The highest BCUT2D eigenvalue weighted by Crippen LogP contribution is 2.23. The van der Waals surface area contributed by atoms with Crippen molar-refractivity contribution in [2.75, 3.05) is 0 Å². The van der Waals surface area contributed by atoms with E-state index in [4.69, 9.17) is 0 Å². The van der Waals surface area contributed by atoms with Gasteiger partial charge in [0.05, 0.1) is 22.6 Å². The van der Waals surface area contributed by atoms with Crippen LogP contribution in [-0.4, -0.2) is 22.2 Å². The molecule has 0 N–H and O–H groups in total. The van der Waals surface area contributed by atoms with Gasteiger partial charge in [-0.3, -0.25) is 4.79 Å². The minimum Gasteiger partial charge on any atom is -0.434 e. The van der Waals surface area contributed by atoms with Gasteiger partial charge in [-0.2, -0.15) is 13.9 Å². The first-order valence-corrected chi connectivity index (χ1v) is 8.35. The zero-order valence-electron chi connectivity index (χ0n) is 14.9. The molecule has 4 nitrogen and oxygen atoms in total. The van der Waals surface area contributed by atoms with E-state index in [9.17, 15) is 13.6 Å². The Kier molecular flexibility index (Phi) is 5.45. The molecule has 2 aromatic carbocycles. The zero-order chi connectivity index (χ0) is 19.4. The Bertz CT molecular complexity index is 979. The number of benzene rings is 2. The first-order chi connectivity index (χ1) is 13.0. The Balaban J connectivity index is 1.90. The van der Waals surface area contributed by atoms with Crippen molar-refractivity contribution in [3.05, 3.63) is 83.2 Å². The summed E-state index contributed by atoms with van der Waals surface area (Å²) in [5, 5.41) is 4.45. The number of ketones is 1. The molecular formula is C21H18F2N2O2. The van der Waals surface area contributed by atoms with Crippen molar-refractivity contribution in [3.63, 3.8) is 0 Å². The van der Waals surface area contributed by atoms with E-state index in [1.807, 2.05) is 37.3 Å². The van der Waals surface area contributed by atoms with Crippen LogP contribution in [0.5, 0.6) is 5.75 Å². The Morgan fingerprint density at radius 1 is 1.07 bits per heavy atom. The van der Waals surface area contributed by atoms with E-state index >= 15 is 0 Å². The highest BCUT2D eigenvalue weighted by molar-refractivity contribution is 6.08. The number of ether oxygens (including phenoxy) is 1. The van der Waals surface area contributed by atoms with E-state index in [2.05, 4.69) is 9.84 Å². The fourth-order valence-corrected chi connectivity index (χ4v) is 2.89. The van der Waals surface area contributed by atoms with Crippen molar-refractivity contribution in [1.82, 2.24) is 9.78 Å². The smallest absolute Gasteiger partial charge is 0.387 e. The van der Waals surface area contributed by atoms with Crippen LogP contribution in [0.2, 0.25) is 0 Å². The Morgan fingerprint density at radius 3 is 2.44 bits per heavy atom. The van der Waals surface area contributed by atoms with Gasteiger partial charge in [-0.05, 0) is 44.2 Å². The summed E-state index contributed by atoms with van der Waals surface area (Å²) in [6, 6.07) is 15.8. The summed E-state index contributed by atoms with van der Waals surface area (Å²) < 4.78 is 31.2. The monoisotopic (exact) mass is 368 g/mol. The first-order valence-electron chi connectivity index (χ1n) is 8.35. The standard InChI is InChI=1S/C21H18F2N2O2/c1-14-20(15(2)25(24-14)17-9-4-3-5-10-17)18(26)13-12-16-8-6-7-11-19(16)27-21(22)23/h3-13,21H,1-2H3. The number of nitrogens with zero attached hydrogens (tertiary/aromatic N) is 2. The quantitative estimate of drug-likeness (QED) is 0.455. The van der Waals surface area contributed by atoms with Crippen molar-refractivity contribution >= 4 is 11.9 Å². The summed E-state index contributed by atoms with van der Waals surface area (Å²) in [7, 11) is 0. The molecule has 138 valence electrons. The number of carbonyl (C=O) groups excluding carboxylic acids is 1. The molecule has 1 aromatic heterocycles. The summed E-state index contributed by atoms with van der Waals surface area (Å²) in [6.45, 7) is 0.660. The number of hydrogen-bond acceptors (Lipinski definition) is 3. The number of para-hydroxylation sites is 2. The summed E-state index contributed by atoms with van der Waals surface area (Å²) in [4.78, 5) is 12.7. The van der Waals surface area contributed by atoms with Crippen LogP contribution in [0, 0.1) is 13.8 Å². The lowest BCUT2D eigenvalue weighted by Gasteiger charge is -2.07. The van der Waals surface area contributed by atoms with Crippen molar-refractivity contribution in [2.45, 2.75) is 20.5 Å². The fraction of sp³-hybridized carbons (Fsp3) is 0.143. The van der Waals surface area contributed by atoms with Gasteiger partial charge in [-0.15, -0.1) is 0 Å². The Morgan fingerprint density at radius 2 is 1.74 bits per heavy atom. The lowest BCUT2D eigenvalue weighted by Crippen LogP contribution is -2.03. The third-order valence-corrected chi connectivity index (χ3v) is 4.09. The number of hydrogen-bond donors (Lipinski definition) is 0. The van der Waals surface area contributed by atoms with Gasteiger partial charge in [-0.25, -0.2) is 4.68 Å². The van der Waals surface area contributed by atoms with Crippen LogP contribution in [0.1, 0.15) is 27.3 Å². The number of halogens is 2. The summed E-state index contributed by atoms with van der Waals surface area (Å²) in [6.07, 6.45) is 2.82. The predicted molar refractivity (Wildman–Crippen MR) is 99.5 cm³/mol. The SMILES string of the molecule is Cc1nn(-c2ccccc2)c(C)c1C(=O)C=Cc1ccccc1OC(F)F. The largest absolute Gasteiger partial charge is 0.434 e. The molecule has 0 fully saturated rings. The normalized spacial score (nSPS) is 11.3. The number of rotatable bonds is 6. The maximum absolute atomic E-state index is 12.7. The van der Waals surface area contributed by atoms with E-state index < -0.39 is 6.61 Å². The third-order valence-electron chi connectivity index (χ3n) is 4.09. The predicted octanol–water partition coefficient (Wildman–Crippen LogP) is 4.99. The van der Waals surface area contributed by atoms with Gasteiger partial charge in [0.1, 0.15) is 5.75 Å². The molecule has 0 aliphatic heterocycles. The molecule has 0 aliphatic rings. The molecule has 0 bridgehead atoms. The van der Waals surface area contributed by atoms with Crippen LogP contribution in [-0.2, 0) is 0 Å². The molecule has 27 heavy (non-hydrogen) atoms. The number of aromatic nitrogens is 2. The number of allylic oxidation sites excluding steroid dienone is 1. The van der Waals surface area contributed by atoms with Crippen LogP contribution in [0.4, 0.5) is 8.78 Å². The molecule has 6 heteroatoms. The van der Waals surface area contributed by atoms with Crippen LogP contribution < -0.4 is 4.74 Å². The fourth-order valence-electron chi connectivity index (χ4n) is 2.89. The van der Waals surface area contributed by atoms with Crippen molar-refractivity contribution in [1.29, 1.82) is 0 Å². The van der Waals surface area contributed by atoms with E-state index in [1.165, 1.54) is 18.2 Å². The molecule has 0 saturated carbocycles. The topological polar surface area (TPSA) is 44.1 Å². The van der Waals surface area contributed by atoms with E-state index in [-0.39, 0.29) is 11.5 Å². The summed E-state index contributed by atoms with van der Waals surface area (Å²) >= 11 is 0. The van der Waals surface area contributed by atoms with E-state index in [1.54, 1.807) is 29.8 Å². The second-order valence-electron chi connectivity index (χ2n) is 5.91. The maximum atomic E-state index is 12.7. The average Bonchev–Trinajstić information content (AvgIpc) is 2.95. The average molecular weight is 368 g/mol. The van der Waals surface area contributed by atoms with E-state index in [0.717, 1.165) is 5.69 Å². The molecule has 3 rings (SSSR count). The van der Waals surface area contributed by atoms with Gasteiger partial charge in [0.25, 0.3) is 0 Å². The second kappa shape index (κ2) is 7.95. The zero-order valence-corrected chi connectivity index (χ0v) is 14.9. The lowest BCUT2D eigenvalue weighted by atomic mass is 10.1. The molecule has 0 spiro atoms. The highest BCUT2D eigenvalue weighted by Gasteiger charge is 2.17. The molecule has 0 atom stereocenters. The summed E-state index contributed by atoms with van der Waals surface area (Å²) in [5.74, 6) is -0.232. The van der Waals surface area contributed by atoms with Crippen molar-refractivity contribution in [2.24, 2.45) is 0 Å². The molecule has 0 aliphatic carbocycles. The van der Waals surface area contributed by atoms with Crippen molar-refractivity contribution in [3.8, 4) is 11.4 Å². The van der Waals surface area contributed by atoms with Crippen LogP contribution >= 0.6 is 0 Å². The van der Waals surface area contributed by atoms with Gasteiger partial charge in [0.2, 0.25) is 0 Å². The maximum Gasteiger partial charge on any atom is 0.387 e. The van der Waals surface area contributed by atoms with Crippen LogP contribution in [0.3, 0.4) is 0 Å². The number of aryl methyl sites for hydroxylation is 1. The van der Waals surface area contributed by atoms with Gasteiger partial charge in [0, 0.05) is 5.56 Å². The second-order valence-corrected chi connectivity index (χ2v) is 5.91. The first kappa shape index (κ1) is 18.5. The van der Waals surface area contributed by atoms with E-state index in [0.29, 0.717) is 22.5 Å². The molecule has 0 saturated heterocycles. The van der Waals surface area contributed by atoms with Gasteiger partial charge < -0.3 is 4.74 Å². The van der Waals surface area contributed by atoms with Gasteiger partial charge >= 0.3 is 6.61 Å². The Hall–Kier alpha value is -3.28. The van der Waals surface area contributed by atoms with Gasteiger partial charge in [0.15, 0.2) is 5.78 Å². The van der Waals surface area contributed by atoms with Crippen molar-refractivity contribution < 1.29 is 18.3 Å². The Labute approximate surface area is 155 Å².